The van der Waals surface area contributed by atoms with Gasteiger partial charge in [0.15, 0.2) is 0 Å². The normalized spacial score (nSPS) is 12.2. The highest BCUT2D eigenvalue weighted by Crippen LogP contribution is 2.25. The van der Waals surface area contributed by atoms with Crippen molar-refractivity contribution < 1.29 is 13.5 Å². The lowest BCUT2D eigenvalue weighted by Crippen LogP contribution is -2.17. The van der Waals surface area contributed by atoms with Gasteiger partial charge in [-0.2, -0.15) is 0 Å². The third kappa shape index (κ3) is 3.74. The number of aromatic nitrogens is 1. The molecule has 0 aliphatic heterocycles. The van der Waals surface area contributed by atoms with E-state index >= 15 is 0 Å². The first kappa shape index (κ1) is 14.4. The van der Waals surface area contributed by atoms with Crippen LogP contribution in [0, 0.1) is 18.6 Å². The van der Waals surface area contributed by atoms with Crippen LogP contribution in [0.3, 0.4) is 0 Å². The van der Waals surface area contributed by atoms with Crippen molar-refractivity contribution in [2.75, 3.05) is 0 Å². The van der Waals surface area contributed by atoms with E-state index in [9.17, 15) is 8.78 Å². The van der Waals surface area contributed by atoms with Crippen molar-refractivity contribution in [1.29, 1.82) is 0 Å². The highest BCUT2D eigenvalue weighted by atomic mass is 19.1. The fourth-order valence-corrected chi connectivity index (χ4v) is 1.91. The lowest BCUT2D eigenvalue weighted by Gasteiger charge is -2.10. The van der Waals surface area contributed by atoms with E-state index < -0.39 is 11.6 Å². The van der Waals surface area contributed by atoms with Gasteiger partial charge >= 0.3 is 0 Å². The zero-order valence-electron chi connectivity index (χ0n) is 11.4. The van der Waals surface area contributed by atoms with E-state index in [0.29, 0.717) is 12.3 Å². The van der Waals surface area contributed by atoms with E-state index in [-0.39, 0.29) is 11.8 Å². The van der Waals surface area contributed by atoms with E-state index in [4.69, 9.17) is 10.5 Å². The molecule has 1 heterocycles. The van der Waals surface area contributed by atoms with E-state index in [1.165, 1.54) is 0 Å². The molecule has 0 saturated heterocycles. The first-order chi connectivity index (χ1) is 9.44. The number of benzene rings is 1. The third-order valence-corrected chi connectivity index (χ3v) is 2.70. The van der Waals surface area contributed by atoms with Crippen molar-refractivity contribution in [1.82, 2.24) is 4.98 Å². The molecule has 0 amide bonds. The van der Waals surface area contributed by atoms with Gasteiger partial charge in [0.05, 0.1) is 0 Å². The Hall–Kier alpha value is -2.01. The summed E-state index contributed by atoms with van der Waals surface area (Å²) in [6, 6.07) is 4.96. The highest BCUT2D eigenvalue weighted by Gasteiger charge is 2.08. The van der Waals surface area contributed by atoms with Crippen LogP contribution in [-0.4, -0.2) is 11.0 Å². The SMILES string of the molecule is Cc1cc(CC(C)N)cnc1Oc1cc(F)cc(F)c1. The van der Waals surface area contributed by atoms with Gasteiger partial charge in [-0.15, -0.1) is 0 Å². The van der Waals surface area contributed by atoms with Crippen LogP contribution in [0.2, 0.25) is 0 Å². The molecule has 0 saturated carbocycles. The topological polar surface area (TPSA) is 48.1 Å². The van der Waals surface area contributed by atoms with Crippen LogP contribution in [0.1, 0.15) is 18.1 Å². The van der Waals surface area contributed by atoms with E-state index in [1.54, 1.807) is 6.20 Å². The van der Waals surface area contributed by atoms with E-state index in [1.807, 2.05) is 19.9 Å². The Bertz CT molecular complexity index is 595. The van der Waals surface area contributed by atoms with Crippen molar-refractivity contribution >= 4 is 0 Å². The maximum absolute atomic E-state index is 13.1. The van der Waals surface area contributed by atoms with Crippen molar-refractivity contribution in [2.45, 2.75) is 26.3 Å². The molecule has 5 heteroatoms. The number of hydrogen-bond donors (Lipinski definition) is 1. The summed E-state index contributed by atoms with van der Waals surface area (Å²) < 4.78 is 31.6. The van der Waals surface area contributed by atoms with Crippen molar-refractivity contribution in [3.05, 3.63) is 53.2 Å². The molecule has 0 aliphatic carbocycles. The summed E-state index contributed by atoms with van der Waals surface area (Å²) in [5.41, 5.74) is 7.51. The Labute approximate surface area is 116 Å². The summed E-state index contributed by atoms with van der Waals surface area (Å²) in [6.07, 6.45) is 2.37. The molecule has 0 radical (unpaired) electrons. The molecule has 0 aliphatic rings. The Balaban J connectivity index is 2.21. The number of halogens is 2. The molecule has 0 bridgehead atoms. The standard InChI is InChI=1S/C15H16F2N2O/c1-9-3-11(4-10(2)18)8-19-15(9)20-14-6-12(16)5-13(17)7-14/h3,5-8,10H,4,18H2,1-2H3. The van der Waals surface area contributed by atoms with Gasteiger partial charge in [0.25, 0.3) is 0 Å². The lowest BCUT2D eigenvalue weighted by molar-refractivity contribution is 0.447. The molecule has 1 aromatic heterocycles. The van der Waals surface area contributed by atoms with Gasteiger partial charge in [-0.25, -0.2) is 13.8 Å². The van der Waals surface area contributed by atoms with Gasteiger partial charge in [-0.1, -0.05) is 0 Å². The Kier molecular flexibility index (Phi) is 4.29. The van der Waals surface area contributed by atoms with Gasteiger partial charge in [-0.3, -0.25) is 0 Å². The smallest absolute Gasteiger partial charge is 0.222 e. The van der Waals surface area contributed by atoms with Gasteiger partial charge in [0.1, 0.15) is 17.4 Å². The Morgan fingerprint density at radius 2 is 1.85 bits per heavy atom. The molecule has 20 heavy (non-hydrogen) atoms. The van der Waals surface area contributed by atoms with E-state index in [2.05, 4.69) is 4.98 Å². The molecule has 106 valence electrons. The Morgan fingerprint density at radius 1 is 1.20 bits per heavy atom. The number of aryl methyl sites for hydroxylation is 1. The van der Waals surface area contributed by atoms with Gasteiger partial charge in [0, 0.05) is 36.0 Å². The predicted molar refractivity (Wildman–Crippen MR) is 72.8 cm³/mol. The van der Waals surface area contributed by atoms with Crippen molar-refractivity contribution in [3.8, 4) is 11.6 Å². The molecule has 2 N–H and O–H groups in total. The first-order valence-electron chi connectivity index (χ1n) is 6.29. The quantitative estimate of drug-likeness (QED) is 0.933. The third-order valence-electron chi connectivity index (χ3n) is 2.70. The lowest BCUT2D eigenvalue weighted by atomic mass is 10.1. The van der Waals surface area contributed by atoms with Crippen LogP contribution in [0.4, 0.5) is 8.78 Å². The average molecular weight is 278 g/mol. The van der Waals surface area contributed by atoms with Gasteiger partial charge in [0.2, 0.25) is 5.88 Å². The predicted octanol–water partition coefficient (Wildman–Crippen LogP) is 3.35. The van der Waals surface area contributed by atoms with E-state index in [0.717, 1.165) is 29.3 Å². The molecule has 1 aromatic carbocycles. The molecular weight excluding hydrogens is 262 g/mol. The first-order valence-corrected chi connectivity index (χ1v) is 6.29. The molecule has 1 unspecified atom stereocenters. The maximum atomic E-state index is 13.1. The minimum Gasteiger partial charge on any atom is -0.439 e. The second kappa shape index (κ2) is 5.96. The molecule has 3 nitrogen and oxygen atoms in total. The summed E-state index contributed by atoms with van der Waals surface area (Å²) in [7, 11) is 0. The maximum Gasteiger partial charge on any atom is 0.222 e. The molecule has 0 spiro atoms. The van der Waals surface area contributed by atoms with Crippen LogP contribution in [0.5, 0.6) is 11.6 Å². The number of nitrogens with zero attached hydrogens (tertiary/aromatic N) is 1. The number of pyridine rings is 1. The average Bonchev–Trinajstić information content (AvgIpc) is 2.30. The molecular formula is C15H16F2N2O. The largest absolute Gasteiger partial charge is 0.439 e. The Morgan fingerprint density at radius 3 is 2.40 bits per heavy atom. The number of ether oxygens (including phenoxy) is 1. The number of nitrogens with two attached hydrogens (primary N) is 1. The summed E-state index contributed by atoms with van der Waals surface area (Å²) in [5.74, 6) is -0.973. The van der Waals surface area contributed by atoms with Gasteiger partial charge < -0.3 is 10.5 Å². The van der Waals surface area contributed by atoms with Crippen molar-refractivity contribution in [3.63, 3.8) is 0 Å². The molecule has 2 rings (SSSR count). The second-order valence-corrected chi connectivity index (χ2v) is 4.85. The summed E-state index contributed by atoms with van der Waals surface area (Å²) in [4.78, 5) is 4.16. The van der Waals surface area contributed by atoms with Crippen LogP contribution >= 0.6 is 0 Å². The zero-order valence-corrected chi connectivity index (χ0v) is 11.4. The molecule has 0 fully saturated rings. The van der Waals surface area contributed by atoms with Crippen LogP contribution < -0.4 is 10.5 Å². The molecule has 2 aromatic rings. The van der Waals surface area contributed by atoms with Crippen LogP contribution in [0.15, 0.2) is 30.5 Å². The zero-order chi connectivity index (χ0) is 14.7. The van der Waals surface area contributed by atoms with Gasteiger partial charge in [-0.05, 0) is 31.9 Å². The number of rotatable bonds is 4. The fraction of sp³-hybridized carbons (Fsp3) is 0.267. The van der Waals surface area contributed by atoms with Crippen molar-refractivity contribution in [2.24, 2.45) is 5.73 Å². The minimum atomic E-state index is -0.689. The second-order valence-electron chi connectivity index (χ2n) is 4.85. The summed E-state index contributed by atoms with van der Waals surface area (Å²) in [6.45, 7) is 3.73. The monoisotopic (exact) mass is 278 g/mol. The molecule has 1 atom stereocenters. The summed E-state index contributed by atoms with van der Waals surface area (Å²) >= 11 is 0. The van der Waals surface area contributed by atoms with Crippen LogP contribution in [0.25, 0.3) is 0 Å². The van der Waals surface area contributed by atoms with Crippen LogP contribution in [-0.2, 0) is 6.42 Å². The number of hydrogen-bond acceptors (Lipinski definition) is 3. The minimum absolute atomic E-state index is 0.0419. The fourth-order valence-electron chi connectivity index (χ4n) is 1.91. The highest BCUT2D eigenvalue weighted by molar-refractivity contribution is 5.34. The summed E-state index contributed by atoms with van der Waals surface area (Å²) in [5, 5.41) is 0.